The first-order valence-electron chi connectivity index (χ1n) is 8.74. The van der Waals surface area contributed by atoms with E-state index in [-0.39, 0.29) is 4.65 Å². The number of hydrogen-bond donors (Lipinski definition) is 1. The van der Waals surface area contributed by atoms with Crippen molar-refractivity contribution >= 4 is 23.3 Å². The molecule has 1 N–H and O–H groups in total. The molecule has 1 aromatic carbocycles. The van der Waals surface area contributed by atoms with Crippen LogP contribution in [0.2, 0.25) is 0 Å². The van der Waals surface area contributed by atoms with Crippen molar-refractivity contribution in [1.82, 2.24) is 0 Å². The Morgan fingerprint density at radius 3 is 2.71 bits per heavy atom. The van der Waals surface area contributed by atoms with E-state index in [9.17, 15) is 9.59 Å². The van der Waals surface area contributed by atoms with Gasteiger partial charge in [0.05, 0.1) is 0 Å². The van der Waals surface area contributed by atoms with E-state index in [2.05, 4.69) is 0 Å². The molecule has 0 saturated carbocycles. The van der Waals surface area contributed by atoms with E-state index >= 15 is 0 Å². The molecule has 1 aliphatic heterocycles. The maximum atomic E-state index is 11.5. The van der Waals surface area contributed by atoms with Crippen molar-refractivity contribution in [2.75, 3.05) is 33.9 Å². The summed E-state index contributed by atoms with van der Waals surface area (Å²) in [5.74, 6) is -1.13. The van der Waals surface area contributed by atoms with Gasteiger partial charge in [0.15, 0.2) is 5.75 Å². The lowest BCUT2D eigenvalue weighted by atomic mass is 10.2. The Bertz CT molecular complexity index is 835. The minimum Gasteiger partial charge on any atom is -0.486 e. The van der Waals surface area contributed by atoms with E-state index in [1.807, 2.05) is 43.7 Å². The zero-order valence-electron chi connectivity index (χ0n) is 15.6. The van der Waals surface area contributed by atoms with Gasteiger partial charge in [-0.3, -0.25) is 0 Å². The number of aliphatic carboxylic acids is 1. The average molecular weight is 408 g/mol. The van der Waals surface area contributed by atoms with Crippen molar-refractivity contribution in [1.29, 1.82) is 0 Å². The highest BCUT2D eigenvalue weighted by atomic mass is 32.1. The molecule has 2 heterocycles. The van der Waals surface area contributed by atoms with Gasteiger partial charge in [-0.05, 0) is 23.6 Å². The molecular weight excluding hydrogens is 386 g/mol. The molecule has 9 heteroatoms. The van der Waals surface area contributed by atoms with Gasteiger partial charge in [0, 0.05) is 11.3 Å². The van der Waals surface area contributed by atoms with Gasteiger partial charge in [-0.2, -0.15) is 0 Å². The van der Waals surface area contributed by atoms with Crippen molar-refractivity contribution in [2.24, 2.45) is 0 Å². The van der Waals surface area contributed by atoms with E-state index in [1.54, 1.807) is 6.07 Å². The quantitative estimate of drug-likeness (QED) is 0.326. The monoisotopic (exact) mass is 408 g/mol. The number of carboxylic acid groups (broad SMARTS) is 1. The fourth-order valence-electron chi connectivity index (χ4n) is 2.77. The average Bonchev–Trinajstić information content (AvgIpc) is 3.19. The second kappa shape index (κ2) is 8.49. The predicted molar refractivity (Wildman–Crippen MR) is 100 cm³/mol. The van der Waals surface area contributed by atoms with Crippen molar-refractivity contribution in [2.45, 2.75) is 12.5 Å². The number of nitrogens with zero attached hydrogens (tertiary/aromatic N) is 1. The zero-order chi connectivity index (χ0) is 20.1. The molecule has 3 rings (SSSR count). The third kappa shape index (κ3) is 4.93. The number of carbonyl (C=O) groups excluding carboxylic acids is 1. The van der Waals surface area contributed by atoms with Crippen LogP contribution in [0.3, 0.4) is 0 Å². The summed E-state index contributed by atoms with van der Waals surface area (Å²) in [6.07, 6.45) is -0.271. The number of carboxylic acids is 1. The van der Waals surface area contributed by atoms with E-state index in [4.69, 9.17) is 24.2 Å². The van der Waals surface area contributed by atoms with Gasteiger partial charge in [0.25, 0.3) is 0 Å². The summed E-state index contributed by atoms with van der Waals surface area (Å²) in [7, 11) is 3.71. The Labute approximate surface area is 166 Å². The minimum atomic E-state index is -1.61. The summed E-state index contributed by atoms with van der Waals surface area (Å²) >= 11 is 1.40. The van der Waals surface area contributed by atoms with E-state index in [1.165, 1.54) is 11.3 Å². The molecular formula is C19H22NO7S+. The van der Waals surface area contributed by atoms with Gasteiger partial charge < -0.3 is 24.2 Å². The predicted octanol–water partition coefficient (Wildman–Crippen LogP) is 2.65. The molecule has 2 aromatic rings. The molecule has 0 spiro atoms. The molecule has 0 radical (unpaired) electrons. The number of hydrogen-bond acceptors (Lipinski definition) is 7. The molecule has 150 valence electrons. The van der Waals surface area contributed by atoms with Crippen LogP contribution < -0.4 is 14.3 Å². The summed E-state index contributed by atoms with van der Waals surface area (Å²) in [5, 5.41) is 10.7. The van der Waals surface area contributed by atoms with E-state index in [0.717, 1.165) is 4.88 Å². The summed E-state index contributed by atoms with van der Waals surface area (Å²) in [5.41, 5.74) is 0. The van der Waals surface area contributed by atoms with Crippen LogP contribution in [-0.4, -0.2) is 55.5 Å². The fourth-order valence-corrected chi connectivity index (χ4v) is 3.56. The molecule has 1 aromatic heterocycles. The van der Waals surface area contributed by atoms with Crippen LogP contribution in [0.4, 0.5) is 0 Å². The lowest BCUT2D eigenvalue weighted by Gasteiger charge is -2.30. The second-order valence-electron chi connectivity index (χ2n) is 6.67. The van der Waals surface area contributed by atoms with Gasteiger partial charge >= 0.3 is 11.9 Å². The molecule has 1 atom stereocenters. The summed E-state index contributed by atoms with van der Waals surface area (Å²) in [6.45, 7) is 1.40. The van der Waals surface area contributed by atoms with Crippen molar-refractivity contribution in [3.63, 3.8) is 0 Å². The Morgan fingerprint density at radius 1 is 1.21 bits per heavy atom. The normalized spacial score (nSPS) is 14.2. The van der Waals surface area contributed by atoms with Crippen LogP contribution in [-0.2, 0) is 14.3 Å². The van der Waals surface area contributed by atoms with Crippen LogP contribution in [0.25, 0.3) is 0 Å². The maximum absolute atomic E-state index is 11.5. The van der Waals surface area contributed by atoms with Crippen molar-refractivity contribution in [3.8, 4) is 17.2 Å². The number of rotatable bonds is 7. The van der Waals surface area contributed by atoms with Gasteiger partial charge in [-0.1, -0.05) is 12.1 Å². The number of quaternary nitrogens is 1. The Morgan fingerprint density at radius 2 is 2.00 bits per heavy atom. The molecule has 28 heavy (non-hydrogen) atoms. The molecule has 0 aliphatic carbocycles. The van der Waals surface area contributed by atoms with E-state index in [0.29, 0.717) is 43.4 Å². The molecule has 0 bridgehead atoms. The Kier molecular flexibility index (Phi) is 6.05. The summed E-state index contributed by atoms with van der Waals surface area (Å²) in [4.78, 5) is 29.3. The lowest BCUT2D eigenvalue weighted by Crippen LogP contribution is -2.44. The SMILES string of the molecule is C[N+](C)(CCC(OC(=O)C(=O)O)c1cccs1)Oc1cccc2c1OCCO2. The maximum Gasteiger partial charge on any atom is 0.417 e. The van der Waals surface area contributed by atoms with Crippen LogP contribution in [0, 0.1) is 0 Å². The fraction of sp³-hybridized carbons (Fsp3) is 0.368. The number of esters is 1. The standard InChI is InChI=1S/C19H21NO7S/c1-20(2,27-15-6-3-5-14-17(15)25-11-10-24-14)9-8-13(16-7-4-12-28-16)26-19(23)18(21)22/h3-7,12-13H,8-11H2,1-2H3/p+1. The third-order valence-corrected chi connectivity index (χ3v) is 5.05. The van der Waals surface area contributed by atoms with Crippen LogP contribution >= 0.6 is 11.3 Å². The molecule has 1 unspecified atom stereocenters. The highest BCUT2D eigenvalue weighted by Crippen LogP contribution is 2.40. The zero-order valence-corrected chi connectivity index (χ0v) is 16.4. The number of carbonyl (C=O) groups is 2. The third-order valence-electron chi connectivity index (χ3n) is 4.09. The number of thiophene rings is 1. The largest absolute Gasteiger partial charge is 0.486 e. The molecule has 0 saturated heterocycles. The summed E-state index contributed by atoms with van der Waals surface area (Å²) in [6, 6.07) is 9.08. The summed E-state index contributed by atoms with van der Waals surface area (Å²) < 4.78 is 16.5. The molecule has 0 fully saturated rings. The van der Waals surface area contributed by atoms with Gasteiger partial charge in [-0.25, -0.2) is 9.59 Å². The molecule has 8 nitrogen and oxygen atoms in total. The van der Waals surface area contributed by atoms with Crippen LogP contribution in [0.5, 0.6) is 17.2 Å². The van der Waals surface area contributed by atoms with Crippen molar-refractivity contribution in [3.05, 3.63) is 40.6 Å². The van der Waals surface area contributed by atoms with Crippen molar-refractivity contribution < 1.29 is 38.4 Å². The highest BCUT2D eigenvalue weighted by Gasteiger charge is 2.29. The number of ether oxygens (including phenoxy) is 3. The molecule has 1 aliphatic rings. The van der Waals surface area contributed by atoms with Crippen LogP contribution in [0.15, 0.2) is 35.7 Å². The van der Waals surface area contributed by atoms with Gasteiger partial charge in [-0.15, -0.1) is 16.0 Å². The van der Waals surface area contributed by atoms with Crippen LogP contribution in [0.1, 0.15) is 17.4 Å². The first kappa shape index (κ1) is 20.0. The Hall–Kier alpha value is -2.78. The number of hydroxylamine groups is 3. The highest BCUT2D eigenvalue weighted by molar-refractivity contribution is 7.10. The lowest BCUT2D eigenvalue weighted by molar-refractivity contribution is -1.05. The topological polar surface area (TPSA) is 91.3 Å². The molecule has 0 amide bonds. The first-order chi connectivity index (χ1) is 13.4. The Balaban J connectivity index is 1.68. The number of benzene rings is 1. The number of para-hydroxylation sites is 1. The first-order valence-corrected chi connectivity index (χ1v) is 9.62. The minimum absolute atomic E-state index is 0.117. The smallest absolute Gasteiger partial charge is 0.417 e. The van der Waals surface area contributed by atoms with E-state index < -0.39 is 18.0 Å². The van der Waals surface area contributed by atoms with Gasteiger partial charge in [0.2, 0.25) is 11.5 Å². The number of fused-ring (bicyclic) bond motifs is 1. The second-order valence-corrected chi connectivity index (χ2v) is 7.65. The van der Waals surface area contributed by atoms with Gasteiger partial charge in [0.1, 0.15) is 40.0 Å².